The summed E-state index contributed by atoms with van der Waals surface area (Å²) in [5, 5.41) is 5.70. The summed E-state index contributed by atoms with van der Waals surface area (Å²) in [4.78, 5) is 19.0. The number of anilines is 1. The maximum atomic E-state index is 12.1. The Hall–Kier alpha value is -2.96. The topological polar surface area (TPSA) is 75.7 Å². The average Bonchev–Trinajstić information content (AvgIpc) is 2.77. The van der Waals surface area contributed by atoms with Gasteiger partial charge in [-0.25, -0.2) is 9.78 Å². The largest absolute Gasteiger partial charge is 0.486 e. The van der Waals surface area contributed by atoms with E-state index in [2.05, 4.69) is 27.4 Å². The second-order valence-corrected chi connectivity index (χ2v) is 7.76. The number of hydrogen-bond donors (Lipinski definition) is 2. The first kappa shape index (κ1) is 19.4. The second-order valence-electron chi connectivity index (χ2n) is 7.76. The summed E-state index contributed by atoms with van der Waals surface area (Å²) < 4.78 is 11.5. The van der Waals surface area contributed by atoms with Crippen molar-refractivity contribution < 1.29 is 14.3 Å². The van der Waals surface area contributed by atoms with Crippen LogP contribution < -0.4 is 25.0 Å². The SMILES string of the molecule is CC1CCN(c2ccc(CNC(=O)NCC3COc4ccccc4O3)cn2)CC1. The van der Waals surface area contributed by atoms with Crippen LogP contribution in [0.2, 0.25) is 0 Å². The summed E-state index contributed by atoms with van der Waals surface area (Å²) in [5.74, 6) is 3.26. The summed E-state index contributed by atoms with van der Waals surface area (Å²) in [5.41, 5.74) is 0.973. The van der Waals surface area contributed by atoms with E-state index in [0.717, 1.165) is 36.1 Å². The van der Waals surface area contributed by atoms with E-state index in [0.29, 0.717) is 25.4 Å². The van der Waals surface area contributed by atoms with Gasteiger partial charge in [0, 0.05) is 25.8 Å². The molecule has 1 fully saturated rings. The zero-order valence-electron chi connectivity index (χ0n) is 16.8. The molecule has 3 heterocycles. The highest BCUT2D eigenvalue weighted by molar-refractivity contribution is 5.73. The van der Waals surface area contributed by atoms with E-state index in [1.807, 2.05) is 42.6 Å². The Morgan fingerprint density at radius 1 is 1.14 bits per heavy atom. The molecule has 1 aromatic heterocycles. The summed E-state index contributed by atoms with van der Waals surface area (Å²) in [6, 6.07) is 11.4. The average molecular weight is 396 g/mol. The zero-order valence-corrected chi connectivity index (χ0v) is 16.8. The number of piperidine rings is 1. The Morgan fingerprint density at radius 3 is 2.69 bits per heavy atom. The van der Waals surface area contributed by atoms with Crippen LogP contribution in [0.1, 0.15) is 25.3 Å². The first-order chi connectivity index (χ1) is 14.2. The lowest BCUT2D eigenvalue weighted by molar-refractivity contribution is 0.0918. The Labute approximate surface area is 171 Å². The summed E-state index contributed by atoms with van der Waals surface area (Å²) in [6.07, 6.45) is 4.06. The molecule has 1 atom stereocenters. The molecular weight excluding hydrogens is 368 g/mol. The highest BCUT2D eigenvalue weighted by Crippen LogP contribution is 2.30. The molecule has 2 N–H and O–H groups in total. The molecule has 2 aliphatic rings. The summed E-state index contributed by atoms with van der Waals surface area (Å²) >= 11 is 0. The number of amides is 2. The first-order valence-corrected chi connectivity index (χ1v) is 10.3. The van der Waals surface area contributed by atoms with Gasteiger partial charge in [0.25, 0.3) is 0 Å². The van der Waals surface area contributed by atoms with Crippen molar-refractivity contribution in [3.8, 4) is 11.5 Å². The monoisotopic (exact) mass is 396 g/mol. The molecule has 0 bridgehead atoms. The quantitative estimate of drug-likeness (QED) is 0.813. The molecule has 0 aliphatic carbocycles. The number of fused-ring (bicyclic) bond motifs is 1. The number of para-hydroxylation sites is 2. The number of benzene rings is 1. The van der Waals surface area contributed by atoms with Gasteiger partial charge in [-0.2, -0.15) is 0 Å². The van der Waals surface area contributed by atoms with Crippen LogP contribution in [0.3, 0.4) is 0 Å². The Kier molecular flexibility index (Phi) is 6.03. The van der Waals surface area contributed by atoms with Crippen LogP contribution in [0.4, 0.5) is 10.6 Å². The van der Waals surface area contributed by atoms with Crippen molar-refractivity contribution in [3.63, 3.8) is 0 Å². The fraction of sp³-hybridized carbons (Fsp3) is 0.455. The third kappa shape index (κ3) is 5.10. The van der Waals surface area contributed by atoms with E-state index in [-0.39, 0.29) is 12.1 Å². The molecule has 7 heteroatoms. The van der Waals surface area contributed by atoms with Gasteiger partial charge in [-0.1, -0.05) is 25.1 Å². The standard InChI is InChI=1S/C22H28N4O3/c1-16-8-10-26(11-9-16)21-7-6-17(12-23-21)13-24-22(27)25-14-18-15-28-19-4-2-3-5-20(19)29-18/h2-7,12,16,18H,8-11,13-15H2,1H3,(H2,24,25,27). The fourth-order valence-corrected chi connectivity index (χ4v) is 3.56. The van der Waals surface area contributed by atoms with E-state index < -0.39 is 0 Å². The predicted octanol–water partition coefficient (Wildman–Crippen LogP) is 2.96. The van der Waals surface area contributed by atoms with Gasteiger partial charge < -0.3 is 25.0 Å². The van der Waals surface area contributed by atoms with Crippen LogP contribution in [-0.2, 0) is 6.54 Å². The number of carbonyl (C=O) groups is 1. The minimum absolute atomic E-state index is 0.205. The minimum Gasteiger partial charge on any atom is -0.486 e. The van der Waals surface area contributed by atoms with E-state index >= 15 is 0 Å². The van der Waals surface area contributed by atoms with Gasteiger partial charge >= 0.3 is 6.03 Å². The van der Waals surface area contributed by atoms with Crippen molar-refractivity contribution in [2.75, 3.05) is 31.1 Å². The van der Waals surface area contributed by atoms with Crippen LogP contribution in [-0.4, -0.2) is 43.4 Å². The first-order valence-electron chi connectivity index (χ1n) is 10.3. The number of aromatic nitrogens is 1. The third-order valence-electron chi connectivity index (χ3n) is 5.43. The maximum absolute atomic E-state index is 12.1. The predicted molar refractivity (Wildman–Crippen MR) is 111 cm³/mol. The van der Waals surface area contributed by atoms with Gasteiger partial charge in [-0.05, 0) is 42.5 Å². The molecule has 2 amide bonds. The van der Waals surface area contributed by atoms with E-state index in [1.165, 1.54) is 12.8 Å². The van der Waals surface area contributed by atoms with Gasteiger partial charge in [0.2, 0.25) is 0 Å². The lowest BCUT2D eigenvalue weighted by Gasteiger charge is -2.31. The summed E-state index contributed by atoms with van der Waals surface area (Å²) in [7, 11) is 0. The van der Waals surface area contributed by atoms with E-state index in [4.69, 9.17) is 9.47 Å². The Morgan fingerprint density at radius 2 is 1.93 bits per heavy atom. The zero-order chi connectivity index (χ0) is 20.1. The molecule has 0 saturated carbocycles. The van der Waals surface area contributed by atoms with Crippen LogP contribution in [0.25, 0.3) is 0 Å². The van der Waals surface area contributed by atoms with Crippen molar-refractivity contribution in [1.29, 1.82) is 0 Å². The highest BCUT2D eigenvalue weighted by Gasteiger charge is 2.21. The number of nitrogens with zero attached hydrogens (tertiary/aromatic N) is 2. The number of urea groups is 1. The molecule has 2 aliphatic heterocycles. The number of hydrogen-bond acceptors (Lipinski definition) is 5. The van der Waals surface area contributed by atoms with E-state index in [9.17, 15) is 4.79 Å². The normalized spacial score (nSPS) is 18.9. The van der Waals surface area contributed by atoms with Crippen LogP contribution in [0, 0.1) is 5.92 Å². The second kappa shape index (κ2) is 9.03. The van der Waals surface area contributed by atoms with Crippen LogP contribution >= 0.6 is 0 Å². The lowest BCUT2D eigenvalue weighted by atomic mass is 9.99. The van der Waals surface area contributed by atoms with Crippen molar-refractivity contribution in [3.05, 3.63) is 48.2 Å². The van der Waals surface area contributed by atoms with Crippen LogP contribution in [0.5, 0.6) is 11.5 Å². The lowest BCUT2D eigenvalue weighted by Crippen LogP contribution is -2.44. The molecule has 29 heavy (non-hydrogen) atoms. The molecule has 2 aromatic rings. The molecule has 1 aromatic carbocycles. The highest BCUT2D eigenvalue weighted by atomic mass is 16.6. The van der Waals surface area contributed by atoms with Crippen molar-refractivity contribution in [2.24, 2.45) is 5.92 Å². The van der Waals surface area contributed by atoms with Crippen molar-refractivity contribution >= 4 is 11.8 Å². The molecule has 4 rings (SSSR count). The fourth-order valence-electron chi connectivity index (χ4n) is 3.56. The van der Waals surface area contributed by atoms with Gasteiger partial charge in [0.05, 0.1) is 6.54 Å². The molecule has 0 radical (unpaired) electrons. The third-order valence-corrected chi connectivity index (χ3v) is 5.43. The molecule has 0 spiro atoms. The van der Waals surface area contributed by atoms with Gasteiger partial charge in [-0.15, -0.1) is 0 Å². The maximum Gasteiger partial charge on any atom is 0.315 e. The molecule has 1 unspecified atom stereocenters. The number of rotatable bonds is 5. The molecule has 154 valence electrons. The van der Waals surface area contributed by atoms with Gasteiger partial charge in [0.1, 0.15) is 12.4 Å². The minimum atomic E-state index is -0.235. The van der Waals surface area contributed by atoms with E-state index in [1.54, 1.807) is 0 Å². The summed E-state index contributed by atoms with van der Waals surface area (Å²) in [6.45, 7) is 5.65. The number of pyridine rings is 1. The van der Waals surface area contributed by atoms with Crippen molar-refractivity contribution in [2.45, 2.75) is 32.4 Å². The number of nitrogens with one attached hydrogen (secondary N) is 2. The molecule has 7 nitrogen and oxygen atoms in total. The Bertz CT molecular complexity index is 819. The van der Waals surface area contributed by atoms with Crippen molar-refractivity contribution in [1.82, 2.24) is 15.6 Å². The number of carbonyl (C=O) groups excluding carboxylic acids is 1. The Balaban J connectivity index is 1.19. The number of ether oxygens (including phenoxy) is 2. The molecular formula is C22H28N4O3. The van der Waals surface area contributed by atoms with Gasteiger partial charge in [0.15, 0.2) is 17.6 Å². The van der Waals surface area contributed by atoms with Gasteiger partial charge in [-0.3, -0.25) is 0 Å². The van der Waals surface area contributed by atoms with Crippen LogP contribution in [0.15, 0.2) is 42.6 Å². The smallest absolute Gasteiger partial charge is 0.315 e. The molecule has 1 saturated heterocycles.